The molecule has 1 fully saturated rings. The number of ketones is 1. The summed E-state index contributed by atoms with van der Waals surface area (Å²) in [4.78, 5) is 29.7. The van der Waals surface area contributed by atoms with Crippen LogP contribution in [0.15, 0.2) is 78.4 Å². The zero-order chi connectivity index (χ0) is 23.0. The van der Waals surface area contributed by atoms with Gasteiger partial charge in [0.15, 0.2) is 0 Å². The van der Waals surface area contributed by atoms with Crippen molar-refractivity contribution in [3.8, 4) is 0 Å². The van der Waals surface area contributed by atoms with Crippen LogP contribution >= 0.6 is 11.6 Å². The second-order valence-electron chi connectivity index (χ2n) is 7.95. The fourth-order valence-corrected chi connectivity index (χ4v) is 4.03. The van der Waals surface area contributed by atoms with Crippen LogP contribution in [0.5, 0.6) is 0 Å². The van der Waals surface area contributed by atoms with E-state index in [4.69, 9.17) is 11.6 Å². The van der Waals surface area contributed by atoms with Crippen molar-refractivity contribution in [3.05, 3.63) is 100 Å². The van der Waals surface area contributed by atoms with Crippen LogP contribution in [0.3, 0.4) is 0 Å². The third-order valence-electron chi connectivity index (χ3n) is 5.65. The SMILES string of the molecule is Cc1ccc(N2C(=O)C(=O)/C(=C(/O)c3ccccc3)C2c2ccc(N(C)C)cc2)cc1Cl. The minimum Gasteiger partial charge on any atom is -0.507 e. The summed E-state index contributed by atoms with van der Waals surface area (Å²) < 4.78 is 0. The number of aliphatic hydroxyl groups is 1. The third-order valence-corrected chi connectivity index (χ3v) is 6.06. The van der Waals surface area contributed by atoms with Gasteiger partial charge in [-0.05, 0) is 42.3 Å². The van der Waals surface area contributed by atoms with Gasteiger partial charge < -0.3 is 10.0 Å². The lowest BCUT2D eigenvalue weighted by molar-refractivity contribution is -0.132. The van der Waals surface area contributed by atoms with Gasteiger partial charge in [0.05, 0.1) is 11.6 Å². The average molecular weight is 447 g/mol. The molecule has 0 bridgehead atoms. The van der Waals surface area contributed by atoms with Crippen molar-refractivity contribution in [1.29, 1.82) is 0 Å². The number of rotatable bonds is 4. The lowest BCUT2D eigenvalue weighted by Crippen LogP contribution is -2.29. The van der Waals surface area contributed by atoms with Gasteiger partial charge in [0, 0.05) is 36.1 Å². The lowest BCUT2D eigenvalue weighted by Gasteiger charge is -2.26. The van der Waals surface area contributed by atoms with Gasteiger partial charge >= 0.3 is 0 Å². The van der Waals surface area contributed by atoms with Gasteiger partial charge in [-0.1, -0.05) is 60.1 Å². The van der Waals surface area contributed by atoms with E-state index in [1.165, 1.54) is 4.90 Å². The normalized spacial score (nSPS) is 17.6. The molecule has 0 saturated carbocycles. The molecule has 1 amide bonds. The number of Topliss-reactive ketones (excluding diaryl/α,β-unsaturated/α-hetero) is 1. The van der Waals surface area contributed by atoms with E-state index in [0.29, 0.717) is 21.8 Å². The molecule has 1 N–H and O–H groups in total. The summed E-state index contributed by atoms with van der Waals surface area (Å²) in [6.07, 6.45) is 0. The zero-order valence-electron chi connectivity index (χ0n) is 18.0. The Hall–Kier alpha value is -3.57. The average Bonchev–Trinajstić information content (AvgIpc) is 3.06. The molecule has 0 aromatic heterocycles. The molecule has 1 aliphatic rings. The number of aryl methyl sites for hydroxylation is 1. The van der Waals surface area contributed by atoms with E-state index in [1.807, 2.05) is 56.3 Å². The first-order valence-electron chi connectivity index (χ1n) is 10.2. The van der Waals surface area contributed by atoms with Gasteiger partial charge in [0.25, 0.3) is 11.7 Å². The highest BCUT2D eigenvalue weighted by atomic mass is 35.5. The highest BCUT2D eigenvalue weighted by Crippen LogP contribution is 2.43. The molecular formula is C26H23ClN2O3. The van der Waals surface area contributed by atoms with Crippen molar-refractivity contribution in [3.63, 3.8) is 0 Å². The number of benzene rings is 3. The number of carbonyl (C=O) groups is 2. The van der Waals surface area contributed by atoms with Crippen LogP contribution in [0.25, 0.3) is 5.76 Å². The molecule has 32 heavy (non-hydrogen) atoms. The molecule has 0 spiro atoms. The molecule has 4 rings (SSSR count). The number of nitrogens with zero attached hydrogens (tertiary/aromatic N) is 2. The molecule has 1 atom stereocenters. The number of hydrogen-bond donors (Lipinski definition) is 1. The van der Waals surface area contributed by atoms with Gasteiger partial charge in [-0.2, -0.15) is 0 Å². The number of aliphatic hydroxyl groups excluding tert-OH is 1. The Morgan fingerprint density at radius 3 is 2.22 bits per heavy atom. The monoisotopic (exact) mass is 446 g/mol. The molecule has 3 aromatic rings. The predicted octanol–water partition coefficient (Wildman–Crippen LogP) is 5.34. The Morgan fingerprint density at radius 1 is 0.969 bits per heavy atom. The summed E-state index contributed by atoms with van der Waals surface area (Å²) >= 11 is 6.33. The fraction of sp³-hybridized carbons (Fsp3) is 0.154. The number of carbonyl (C=O) groups excluding carboxylic acids is 2. The standard InChI is InChI=1S/C26H23ClN2O3/c1-16-9-12-20(15-21(16)27)29-23(17-10-13-19(14-11-17)28(2)3)22(25(31)26(29)32)24(30)18-7-5-4-6-8-18/h4-15,23,30H,1-3H3/b24-22+. The number of anilines is 2. The van der Waals surface area contributed by atoms with E-state index >= 15 is 0 Å². The van der Waals surface area contributed by atoms with Crippen LogP contribution in [-0.4, -0.2) is 30.9 Å². The van der Waals surface area contributed by atoms with Gasteiger partial charge in [-0.15, -0.1) is 0 Å². The van der Waals surface area contributed by atoms with Crippen molar-refractivity contribution in [2.75, 3.05) is 23.9 Å². The van der Waals surface area contributed by atoms with Crippen LogP contribution in [0.2, 0.25) is 5.02 Å². The van der Waals surface area contributed by atoms with Gasteiger partial charge in [-0.3, -0.25) is 14.5 Å². The first-order chi connectivity index (χ1) is 15.3. The minimum absolute atomic E-state index is 0.0514. The van der Waals surface area contributed by atoms with Gasteiger partial charge in [0.2, 0.25) is 0 Å². The van der Waals surface area contributed by atoms with Crippen LogP contribution < -0.4 is 9.80 Å². The Kier molecular flexibility index (Phi) is 5.76. The third kappa shape index (κ3) is 3.76. The topological polar surface area (TPSA) is 60.9 Å². The molecule has 162 valence electrons. The molecule has 1 unspecified atom stereocenters. The van der Waals surface area contributed by atoms with Crippen molar-refractivity contribution in [2.45, 2.75) is 13.0 Å². The van der Waals surface area contributed by atoms with Crippen LogP contribution in [0.1, 0.15) is 22.7 Å². The molecule has 1 aliphatic heterocycles. The van der Waals surface area contributed by atoms with E-state index in [1.54, 1.807) is 42.5 Å². The Bertz CT molecular complexity index is 1220. The second kappa shape index (κ2) is 8.52. The summed E-state index contributed by atoms with van der Waals surface area (Å²) in [5, 5.41) is 11.6. The molecule has 0 radical (unpaired) electrons. The molecule has 6 heteroatoms. The maximum atomic E-state index is 13.2. The Morgan fingerprint density at radius 2 is 1.62 bits per heavy atom. The molecule has 0 aliphatic carbocycles. The minimum atomic E-state index is -0.787. The molecule has 1 saturated heterocycles. The molecule has 5 nitrogen and oxygen atoms in total. The Labute approximate surface area is 192 Å². The van der Waals surface area contributed by atoms with E-state index in [9.17, 15) is 14.7 Å². The summed E-state index contributed by atoms with van der Waals surface area (Å²) in [5.41, 5.74) is 3.58. The van der Waals surface area contributed by atoms with Crippen molar-refractivity contribution < 1.29 is 14.7 Å². The molecule has 1 heterocycles. The predicted molar refractivity (Wildman–Crippen MR) is 128 cm³/mol. The highest BCUT2D eigenvalue weighted by Gasteiger charge is 2.47. The van der Waals surface area contributed by atoms with E-state index in [2.05, 4.69) is 0 Å². The first-order valence-corrected chi connectivity index (χ1v) is 10.6. The number of halogens is 1. The van der Waals surface area contributed by atoms with Crippen LogP contribution in [-0.2, 0) is 9.59 Å². The number of amides is 1. The quantitative estimate of drug-likeness (QED) is 0.334. The van der Waals surface area contributed by atoms with Crippen molar-refractivity contribution in [1.82, 2.24) is 0 Å². The van der Waals surface area contributed by atoms with Crippen molar-refractivity contribution >= 4 is 40.4 Å². The molecule has 3 aromatic carbocycles. The second-order valence-corrected chi connectivity index (χ2v) is 8.36. The zero-order valence-corrected chi connectivity index (χ0v) is 18.8. The summed E-state index contributed by atoms with van der Waals surface area (Å²) in [6.45, 7) is 1.87. The summed E-state index contributed by atoms with van der Waals surface area (Å²) in [6, 6.07) is 20.8. The van der Waals surface area contributed by atoms with Gasteiger partial charge in [0.1, 0.15) is 5.76 Å². The molecular weight excluding hydrogens is 424 g/mol. The maximum Gasteiger partial charge on any atom is 0.300 e. The smallest absolute Gasteiger partial charge is 0.300 e. The van der Waals surface area contributed by atoms with Gasteiger partial charge in [-0.25, -0.2) is 0 Å². The number of hydrogen-bond acceptors (Lipinski definition) is 4. The van der Waals surface area contributed by atoms with E-state index in [0.717, 1.165) is 11.3 Å². The van der Waals surface area contributed by atoms with Crippen molar-refractivity contribution in [2.24, 2.45) is 0 Å². The van der Waals surface area contributed by atoms with Crippen LogP contribution in [0, 0.1) is 6.92 Å². The fourth-order valence-electron chi connectivity index (χ4n) is 3.85. The largest absolute Gasteiger partial charge is 0.507 e. The van der Waals surface area contributed by atoms with Crippen LogP contribution in [0.4, 0.5) is 11.4 Å². The summed E-state index contributed by atoms with van der Waals surface area (Å²) in [7, 11) is 3.87. The maximum absolute atomic E-state index is 13.2. The summed E-state index contributed by atoms with van der Waals surface area (Å²) in [5.74, 6) is -1.64. The Balaban J connectivity index is 1.93. The lowest BCUT2D eigenvalue weighted by atomic mass is 9.95. The van der Waals surface area contributed by atoms with E-state index < -0.39 is 17.7 Å². The van der Waals surface area contributed by atoms with E-state index in [-0.39, 0.29) is 11.3 Å². The highest BCUT2D eigenvalue weighted by molar-refractivity contribution is 6.51. The first kappa shape index (κ1) is 21.7.